The number of benzene rings is 2. The van der Waals surface area contributed by atoms with Crippen molar-refractivity contribution in [2.75, 3.05) is 17.2 Å². The van der Waals surface area contributed by atoms with Crippen LogP contribution in [-0.2, 0) is 4.79 Å². The maximum absolute atomic E-state index is 12.2. The van der Waals surface area contributed by atoms with Crippen LogP contribution in [0.2, 0.25) is 0 Å². The molecular weight excluding hydrogens is 392 g/mol. The monoisotopic (exact) mass is 416 g/mol. The normalized spacial score (nSPS) is 10.9. The first-order valence-electron chi connectivity index (χ1n) is 10.0. The largest absolute Gasteiger partial charge is 0.369 e. The molecular formula is C24H24N4OS. The highest BCUT2D eigenvalue weighted by Crippen LogP contribution is 2.40. The summed E-state index contributed by atoms with van der Waals surface area (Å²) in [5.74, 6) is 0.840. The second-order valence-electron chi connectivity index (χ2n) is 7.25. The molecule has 1 amide bonds. The van der Waals surface area contributed by atoms with Gasteiger partial charge in [0.25, 0.3) is 0 Å². The third-order valence-corrected chi connectivity index (χ3v) is 5.95. The number of nitrogens with one attached hydrogen (secondary N) is 2. The van der Waals surface area contributed by atoms with Crippen molar-refractivity contribution in [3.8, 4) is 11.1 Å². The molecule has 2 aromatic heterocycles. The van der Waals surface area contributed by atoms with E-state index in [0.717, 1.165) is 27.3 Å². The fourth-order valence-corrected chi connectivity index (χ4v) is 4.46. The fraction of sp³-hybridized carbons (Fsp3) is 0.208. The number of fused-ring (bicyclic) bond motifs is 1. The predicted molar refractivity (Wildman–Crippen MR) is 125 cm³/mol. The third kappa shape index (κ3) is 4.49. The Morgan fingerprint density at radius 2 is 1.77 bits per heavy atom. The van der Waals surface area contributed by atoms with E-state index in [2.05, 4.69) is 39.7 Å². The van der Waals surface area contributed by atoms with Gasteiger partial charge < -0.3 is 10.6 Å². The number of hydrogen-bond donors (Lipinski definition) is 2. The van der Waals surface area contributed by atoms with E-state index in [1.54, 1.807) is 17.7 Å². The molecule has 30 heavy (non-hydrogen) atoms. The van der Waals surface area contributed by atoms with E-state index in [4.69, 9.17) is 0 Å². The van der Waals surface area contributed by atoms with Gasteiger partial charge in [-0.3, -0.25) is 4.79 Å². The quantitative estimate of drug-likeness (QED) is 0.373. The fourth-order valence-electron chi connectivity index (χ4n) is 3.45. The van der Waals surface area contributed by atoms with Gasteiger partial charge in [-0.1, -0.05) is 48.0 Å². The van der Waals surface area contributed by atoms with Crippen LogP contribution >= 0.6 is 11.3 Å². The molecule has 0 aliphatic rings. The Hall–Kier alpha value is -3.25. The molecule has 5 nitrogen and oxygen atoms in total. The summed E-state index contributed by atoms with van der Waals surface area (Å²) in [5, 5.41) is 7.41. The van der Waals surface area contributed by atoms with Gasteiger partial charge in [0.2, 0.25) is 5.91 Å². The molecule has 2 N–H and O–H groups in total. The number of amides is 1. The topological polar surface area (TPSA) is 66.9 Å². The van der Waals surface area contributed by atoms with E-state index in [1.807, 2.05) is 49.4 Å². The van der Waals surface area contributed by atoms with Crippen molar-refractivity contribution in [2.45, 2.75) is 26.7 Å². The minimum atomic E-state index is 0.0184. The smallest absolute Gasteiger partial charge is 0.224 e. The molecule has 0 saturated carbocycles. The first-order chi connectivity index (χ1) is 14.6. The Bertz CT molecular complexity index is 1150. The zero-order valence-electron chi connectivity index (χ0n) is 17.1. The summed E-state index contributed by atoms with van der Waals surface area (Å²) >= 11 is 1.68. The maximum atomic E-state index is 12.2. The lowest BCUT2D eigenvalue weighted by Crippen LogP contribution is -2.13. The van der Waals surface area contributed by atoms with Crippen LogP contribution in [0, 0.1) is 13.8 Å². The van der Waals surface area contributed by atoms with Gasteiger partial charge in [0.1, 0.15) is 17.0 Å². The summed E-state index contributed by atoms with van der Waals surface area (Å²) in [7, 11) is 0. The van der Waals surface area contributed by atoms with Crippen LogP contribution in [0.4, 0.5) is 11.5 Å². The van der Waals surface area contributed by atoms with Gasteiger partial charge in [-0.2, -0.15) is 0 Å². The molecule has 0 fully saturated rings. The molecule has 4 aromatic rings. The molecule has 2 aromatic carbocycles. The molecule has 6 heteroatoms. The van der Waals surface area contributed by atoms with Gasteiger partial charge in [-0.25, -0.2) is 9.97 Å². The van der Waals surface area contributed by atoms with Gasteiger partial charge in [0.05, 0.1) is 5.39 Å². The highest BCUT2D eigenvalue weighted by Gasteiger charge is 2.16. The van der Waals surface area contributed by atoms with Crippen LogP contribution in [0.5, 0.6) is 0 Å². The summed E-state index contributed by atoms with van der Waals surface area (Å²) in [6, 6.07) is 18.2. The van der Waals surface area contributed by atoms with Crippen LogP contribution in [0.15, 0.2) is 60.9 Å². The molecule has 0 saturated heterocycles. The molecule has 0 bridgehead atoms. The van der Waals surface area contributed by atoms with Crippen molar-refractivity contribution in [1.29, 1.82) is 0 Å². The SMILES string of the molecule is Cc1ccc(NC(=O)CCCNc2ncnc3sc(C)c(-c4ccccc4)c23)cc1. The number of nitrogens with zero attached hydrogens (tertiary/aromatic N) is 2. The molecule has 152 valence electrons. The summed E-state index contributed by atoms with van der Waals surface area (Å²) in [5.41, 5.74) is 4.34. The number of carbonyl (C=O) groups is 1. The van der Waals surface area contributed by atoms with Crippen molar-refractivity contribution in [3.05, 3.63) is 71.4 Å². The summed E-state index contributed by atoms with van der Waals surface area (Å²) in [4.78, 5) is 23.3. The number of anilines is 2. The van der Waals surface area contributed by atoms with Crippen LogP contribution in [0.1, 0.15) is 23.3 Å². The van der Waals surface area contributed by atoms with Gasteiger partial charge in [-0.05, 0) is 38.0 Å². The standard InChI is InChI=1S/C24H24N4OS/c1-16-10-12-19(13-11-16)28-20(29)9-6-14-25-23-22-21(18-7-4-3-5-8-18)17(2)30-24(22)27-15-26-23/h3-5,7-8,10-13,15H,6,9,14H2,1-2H3,(H,28,29)(H,25,26,27). The number of aromatic nitrogens is 2. The average molecular weight is 417 g/mol. The van der Waals surface area contributed by atoms with E-state index in [1.165, 1.54) is 16.0 Å². The van der Waals surface area contributed by atoms with Crippen LogP contribution in [-0.4, -0.2) is 22.4 Å². The molecule has 0 aliphatic heterocycles. The highest BCUT2D eigenvalue weighted by atomic mass is 32.1. The second-order valence-corrected chi connectivity index (χ2v) is 8.45. The number of carbonyl (C=O) groups excluding carboxylic acids is 1. The van der Waals surface area contributed by atoms with E-state index in [9.17, 15) is 4.79 Å². The zero-order chi connectivity index (χ0) is 20.9. The maximum Gasteiger partial charge on any atom is 0.224 e. The lowest BCUT2D eigenvalue weighted by Gasteiger charge is -2.09. The van der Waals surface area contributed by atoms with Crippen molar-refractivity contribution in [1.82, 2.24) is 9.97 Å². The van der Waals surface area contributed by atoms with Crippen molar-refractivity contribution < 1.29 is 4.79 Å². The van der Waals surface area contributed by atoms with Crippen LogP contribution < -0.4 is 10.6 Å². The minimum Gasteiger partial charge on any atom is -0.369 e. The second kappa shape index (κ2) is 9.05. The molecule has 2 heterocycles. The van der Waals surface area contributed by atoms with Gasteiger partial charge >= 0.3 is 0 Å². The number of rotatable bonds is 7. The van der Waals surface area contributed by atoms with E-state index < -0.39 is 0 Å². The minimum absolute atomic E-state index is 0.0184. The van der Waals surface area contributed by atoms with Crippen molar-refractivity contribution in [2.24, 2.45) is 0 Å². The number of hydrogen-bond acceptors (Lipinski definition) is 5. The Kier molecular flexibility index (Phi) is 6.05. The Morgan fingerprint density at radius 3 is 2.53 bits per heavy atom. The van der Waals surface area contributed by atoms with E-state index >= 15 is 0 Å². The van der Waals surface area contributed by atoms with Crippen molar-refractivity contribution >= 4 is 39.0 Å². The summed E-state index contributed by atoms with van der Waals surface area (Å²) in [6.45, 7) is 4.81. The van der Waals surface area contributed by atoms with E-state index in [0.29, 0.717) is 19.4 Å². The predicted octanol–water partition coefficient (Wildman–Crippen LogP) is 5.81. The first-order valence-corrected chi connectivity index (χ1v) is 10.8. The highest BCUT2D eigenvalue weighted by molar-refractivity contribution is 7.19. The molecule has 0 spiro atoms. The van der Waals surface area contributed by atoms with Crippen LogP contribution in [0.3, 0.4) is 0 Å². The van der Waals surface area contributed by atoms with Gasteiger partial charge in [0.15, 0.2) is 0 Å². The number of aryl methyl sites for hydroxylation is 2. The molecule has 4 rings (SSSR count). The molecule has 0 unspecified atom stereocenters. The van der Waals surface area contributed by atoms with Crippen LogP contribution in [0.25, 0.3) is 21.3 Å². The molecule has 0 aliphatic carbocycles. The van der Waals surface area contributed by atoms with Gasteiger partial charge in [-0.15, -0.1) is 11.3 Å². The molecule has 0 radical (unpaired) electrons. The third-order valence-electron chi connectivity index (χ3n) is 4.94. The van der Waals surface area contributed by atoms with Gasteiger partial charge in [0, 0.05) is 29.1 Å². The summed E-state index contributed by atoms with van der Waals surface area (Å²) < 4.78 is 0. The van der Waals surface area contributed by atoms with Crippen molar-refractivity contribution in [3.63, 3.8) is 0 Å². The first kappa shape index (κ1) is 20.0. The average Bonchev–Trinajstić information content (AvgIpc) is 3.10. The van der Waals surface area contributed by atoms with E-state index in [-0.39, 0.29) is 5.91 Å². The Balaban J connectivity index is 1.42. The lowest BCUT2D eigenvalue weighted by atomic mass is 10.0. The Labute approximate surface area is 180 Å². The summed E-state index contributed by atoms with van der Waals surface area (Å²) in [6.07, 6.45) is 2.76. The molecule has 0 atom stereocenters. The number of thiophene rings is 1. The zero-order valence-corrected chi connectivity index (χ0v) is 17.9. The lowest BCUT2D eigenvalue weighted by molar-refractivity contribution is -0.116. The Morgan fingerprint density at radius 1 is 1.00 bits per heavy atom.